The summed E-state index contributed by atoms with van der Waals surface area (Å²) >= 11 is 7.44. The number of carbonyl (C=O) groups excluding carboxylic acids is 2. The minimum Gasteiger partial charge on any atom is -0.495 e. The first-order valence-electron chi connectivity index (χ1n) is 9.69. The molecule has 0 bridgehead atoms. The van der Waals surface area contributed by atoms with Crippen LogP contribution in [0.5, 0.6) is 5.75 Å². The van der Waals surface area contributed by atoms with Gasteiger partial charge in [-0.25, -0.2) is 0 Å². The first-order chi connectivity index (χ1) is 14.9. The lowest BCUT2D eigenvalue weighted by Crippen LogP contribution is -2.22. The lowest BCUT2D eigenvalue weighted by molar-refractivity contribution is -0.116. The third-order valence-electron chi connectivity index (χ3n) is 4.45. The third-order valence-corrected chi connectivity index (χ3v) is 5.79. The Hall–Kier alpha value is -2.96. The number of carbonyl (C=O) groups is 2. The molecule has 0 heterocycles. The number of amides is 2. The van der Waals surface area contributed by atoms with Gasteiger partial charge in [-0.2, -0.15) is 0 Å². The second kappa shape index (κ2) is 10.9. The maximum Gasteiger partial charge on any atom is 0.237 e. The van der Waals surface area contributed by atoms with Gasteiger partial charge in [-0.05, 0) is 55.0 Å². The van der Waals surface area contributed by atoms with E-state index in [1.54, 1.807) is 18.2 Å². The van der Waals surface area contributed by atoms with Crippen LogP contribution in [0.15, 0.2) is 77.7 Å². The molecule has 0 saturated carbocycles. The lowest BCUT2D eigenvalue weighted by Gasteiger charge is -2.15. The predicted molar refractivity (Wildman–Crippen MR) is 127 cm³/mol. The maximum atomic E-state index is 12.6. The predicted octanol–water partition coefficient (Wildman–Crippen LogP) is 5.65. The molecule has 2 amide bonds. The van der Waals surface area contributed by atoms with E-state index in [-0.39, 0.29) is 17.1 Å². The first kappa shape index (κ1) is 22.7. The van der Waals surface area contributed by atoms with Crippen molar-refractivity contribution in [1.29, 1.82) is 0 Å². The lowest BCUT2D eigenvalue weighted by atomic mass is 10.1. The monoisotopic (exact) mass is 454 g/mol. The van der Waals surface area contributed by atoms with Gasteiger partial charge < -0.3 is 15.4 Å². The Kier molecular flexibility index (Phi) is 7.98. The molecular weight excluding hydrogens is 432 g/mol. The molecule has 0 fully saturated rings. The molecule has 0 aliphatic heterocycles. The average molecular weight is 455 g/mol. The highest BCUT2D eigenvalue weighted by molar-refractivity contribution is 8.00. The number of rotatable bonds is 8. The molecule has 160 valence electrons. The summed E-state index contributed by atoms with van der Waals surface area (Å²) in [5, 5.41) is 5.92. The Balaban J connectivity index is 1.54. The number of halogens is 1. The number of thioether (sulfide) groups is 1. The molecule has 0 aliphatic carbocycles. The number of anilines is 2. The van der Waals surface area contributed by atoms with E-state index < -0.39 is 0 Å². The molecule has 0 radical (unpaired) electrons. The fourth-order valence-corrected chi connectivity index (χ4v) is 3.91. The van der Waals surface area contributed by atoms with Crippen LogP contribution in [0.1, 0.15) is 12.5 Å². The maximum absolute atomic E-state index is 12.6. The first-order valence-corrected chi connectivity index (χ1v) is 11.0. The number of ether oxygens (including phenoxy) is 1. The molecule has 5 nitrogen and oxygen atoms in total. The van der Waals surface area contributed by atoms with Crippen LogP contribution in [0, 0.1) is 0 Å². The van der Waals surface area contributed by atoms with Crippen molar-refractivity contribution in [3.8, 4) is 5.75 Å². The minimum atomic E-state index is -0.345. The van der Waals surface area contributed by atoms with Crippen molar-refractivity contribution in [1.82, 2.24) is 0 Å². The van der Waals surface area contributed by atoms with Crippen molar-refractivity contribution in [2.45, 2.75) is 23.5 Å². The van der Waals surface area contributed by atoms with Gasteiger partial charge in [0.2, 0.25) is 11.8 Å². The van der Waals surface area contributed by atoms with E-state index in [1.165, 1.54) is 18.9 Å². The molecule has 0 aliphatic rings. The van der Waals surface area contributed by atoms with E-state index in [9.17, 15) is 9.59 Å². The van der Waals surface area contributed by atoms with Crippen molar-refractivity contribution >= 4 is 46.6 Å². The fourth-order valence-electron chi connectivity index (χ4n) is 2.87. The number of hydrogen-bond donors (Lipinski definition) is 2. The molecule has 0 saturated heterocycles. The Labute approximate surface area is 191 Å². The molecule has 1 unspecified atom stereocenters. The van der Waals surface area contributed by atoms with Gasteiger partial charge in [0, 0.05) is 15.6 Å². The molecule has 1 atom stereocenters. The normalized spacial score (nSPS) is 11.5. The van der Waals surface area contributed by atoms with Gasteiger partial charge in [0.15, 0.2) is 0 Å². The molecule has 3 rings (SSSR count). The largest absolute Gasteiger partial charge is 0.495 e. The van der Waals surface area contributed by atoms with Crippen LogP contribution in [0.4, 0.5) is 11.4 Å². The summed E-state index contributed by atoms with van der Waals surface area (Å²) in [4.78, 5) is 25.7. The van der Waals surface area contributed by atoms with E-state index in [2.05, 4.69) is 10.6 Å². The SMILES string of the molecule is COc1ccc(Cl)cc1NC(=O)C(C)Sc1ccc(NC(=O)Cc2ccccc2)cc1. The van der Waals surface area contributed by atoms with Crippen LogP contribution in [0.25, 0.3) is 0 Å². The molecule has 0 aromatic heterocycles. The zero-order valence-corrected chi connectivity index (χ0v) is 18.8. The van der Waals surface area contributed by atoms with E-state index in [0.717, 1.165) is 10.5 Å². The summed E-state index contributed by atoms with van der Waals surface area (Å²) in [5.74, 6) is 0.311. The van der Waals surface area contributed by atoms with Gasteiger partial charge in [0.1, 0.15) is 5.75 Å². The Bertz CT molecular complexity index is 1040. The molecule has 0 spiro atoms. The second-order valence-electron chi connectivity index (χ2n) is 6.83. The molecule has 2 N–H and O–H groups in total. The van der Waals surface area contributed by atoms with E-state index in [4.69, 9.17) is 16.3 Å². The van der Waals surface area contributed by atoms with Gasteiger partial charge in [-0.15, -0.1) is 11.8 Å². The Morgan fingerprint density at radius 1 is 1.00 bits per heavy atom. The van der Waals surface area contributed by atoms with Crippen LogP contribution in [-0.2, 0) is 16.0 Å². The van der Waals surface area contributed by atoms with Gasteiger partial charge in [-0.1, -0.05) is 41.9 Å². The summed E-state index contributed by atoms with van der Waals surface area (Å²) in [5.41, 5.74) is 2.21. The average Bonchev–Trinajstić information content (AvgIpc) is 2.76. The standard InChI is InChI=1S/C24H23ClN2O3S/c1-16(24(29)27-21-15-18(25)8-13-22(21)30-2)31-20-11-9-19(10-12-20)26-23(28)14-17-6-4-3-5-7-17/h3-13,15-16H,14H2,1-2H3,(H,26,28)(H,27,29). The highest BCUT2D eigenvalue weighted by Gasteiger charge is 2.17. The van der Waals surface area contributed by atoms with E-state index in [1.807, 2.05) is 61.5 Å². The third kappa shape index (κ3) is 6.77. The molecular formula is C24H23ClN2O3S. The summed E-state index contributed by atoms with van der Waals surface area (Å²) in [7, 11) is 1.54. The molecule has 31 heavy (non-hydrogen) atoms. The van der Waals surface area contributed by atoms with Gasteiger partial charge in [0.05, 0.1) is 24.5 Å². The summed E-state index contributed by atoms with van der Waals surface area (Å²) in [6.07, 6.45) is 0.321. The van der Waals surface area contributed by atoms with Crippen LogP contribution < -0.4 is 15.4 Å². The van der Waals surface area contributed by atoms with Crippen molar-refractivity contribution in [2.75, 3.05) is 17.7 Å². The minimum absolute atomic E-state index is 0.0742. The quantitative estimate of drug-likeness (QED) is 0.431. The Morgan fingerprint density at radius 3 is 2.39 bits per heavy atom. The smallest absolute Gasteiger partial charge is 0.237 e. The number of hydrogen-bond acceptors (Lipinski definition) is 4. The fraction of sp³-hybridized carbons (Fsp3) is 0.167. The summed E-state index contributed by atoms with van der Waals surface area (Å²) in [6, 6.07) is 22.1. The van der Waals surface area contributed by atoms with E-state index in [0.29, 0.717) is 28.6 Å². The van der Waals surface area contributed by atoms with Gasteiger partial charge >= 0.3 is 0 Å². The highest BCUT2D eigenvalue weighted by atomic mass is 35.5. The highest BCUT2D eigenvalue weighted by Crippen LogP contribution is 2.30. The van der Waals surface area contributed by atoms with E-state index >= 15 is 0 Å². The van der Waals surface area contributed by atoms with Crippen molar-refractivity contribution in [3.05, 3.63) is 83.4 Å². The van der Waals surface area contributed by atoms with Crippen LogP contribution >= 0.6 is 23.4 Å². The van der Waals surface area contributed by atoms with Crippen molar-refractivity contribution in [2.24, 2.45) is 0 Å². The van der Waals surface area contributed by atoms with Crippen LogP contribution in [0.2, 0.25) is 5.02 Å². The zero-order valence-electron chi connectivity index (χ0n) is 17.2. The Morgan fingerprint density at radius 2 is 1.71 bits per heavy atom. The summed E-state index contributed by atoms with van der Waals surface area (Å²) < 4.78 is 5.27. The summed E-state index contributed by atoms with van der Waals surface area (Å²) in [6.45, 7) is 1.83. The van der Waals surface area contributed by atoms with Crippen LogP contribution in [-0.4, -0.2) is 24.2 Å². The topological polar surface area (TPSA) is 67.4 Å². The number of nitrogens with one attached hydrogen (secondary N) is 2. The molecule has 3 aromatic rings. The van der Waals surface area contributed by atoms with Gasteiger partial charge in [-0.3, -0.25) is 9.59 Å². The van der Waals surface area contributed by atoms with Crippen molar-refractivity contribution in [3.63, 3.8) is 0 Å². The number of benzene rings is 3. The van der Waals surface area contributed by atoms with Gasteiger partial charge in [0.25, 0.3) is 0 Å². The van der Waals surface area contributed by atoms with Crippen molar-refractivity contribution < 1.29 is 14.3 Å². The van der Waals surface area contributed by atoms with Crippen LogP contribution in [0.3, 0.4) is 0 Å². The zero-order chi connectivity index (χ0) is 22.2. The molecule has 3 aromatic carbocycles. The second-order valence-corrected chi connectivity index (χ2v) is 8.68. The number of methoxy groups -OCH3 is 1. The molecule has 7 heteroatoms.